The Balaban J connectivity index is 2.20. The predicted molar refractivity (Wildman–Crippen MR) is 56.0 cm³/mol. The number of hydrogen-bond acceptors (Lipinski definition) is 3. The zero-order valence-electron chi connectivity index (χ0n) is 9.13. The molecule has 0 saturated carbocycles. The van der Waals surface area contributed by atoms with Crippen molar-refractivity contribution in [1.82, 2.24) is 15.3 Å². The first kappa shape index (κ1) is 11.2. The number of nitrogens with zero attached hydrogens (tertiary/aromatic N) is 1. The van der Waals surface area contributed by atoms with E-state index in [0.29, 0.717) is 0 Å². The SMILES string of the molecule is CCOC(C)(C)CNCc1ncc[nH]1. The summed E-state index contributed by atoms with van der Waals surface area (Å²) < 4.78 is 5.56. The van der Waals surface area contributed by atoms with E-state index in [1.165, 1.54) is 0 Å². The van der Waals surface area contributed by atoms with E-state index in [0.717, 1.165) is 25.5 Å². The molecule has 14 heavy (non-hydrogen) atoms. The van der Waals surface area contributed by atoms with Crippen LogP contribution in [-0.4, -0.2) is 28.7 Å². The fourth-order valence-corrected chi connectivity index (χ4v) is 1.32. The summed E-state index contributed by atoms with van der Waals surface area (Å²) in [6.07, 6.45) is 3.58. The van der Waals surface area contributed by atoms with Gasteiger partial charge in [0.15, 0.2) is 0 Å². The van der Waals surface area contributed by atoms with Gasteiger partial charge in [0, 0.05) is 25.5 Å². The number of aromatic amines is 1. The number of ether oxygens (including phenoxy) is 1. The highest BCUT2D eigenvalue weighted by Crippen LogP contribution is 2.06. The highest BCUT2D eigenvalue weighted by atomic mass is 16.5. The molecule has 4 nitrogen and oxygen atoms in total. The minimum atomic E-state index is -0.110. The Morgan fingerprint density at radius 3 is 2.93 bits per heavy atom. The molecule has 0 unspecified atom stereocenters. The summed E-state index contributed by atoms with van der Waals surface area (Å²) in [5.74, 6) is 0.956. The van der Waals surface area contributed by atoms with Gasteiger partial charge in [-0.05, 0) is 20.8 Å². The third-order valence-corrected chi connectivity index (χ3v) is 1.93. The molecule has 80 valence electrons. The molecule has 1 rings (SSSR count). The molecule has 1 aromatic heterocycles. The van der Waals surface area contributed by atoms with Crippen LogP contribution < -0.4 is 5.32 Å². The molecule has 0 amide bonds. The first-order chi connectivity index (χ1) is 6.64. The lowest BCUT2D eigenvalue weighted by atomic mass is 10.1. The smallest absolute Gasteiger partial charge is 0.120 e. The van der Waals surface area contributed by atoms with Crippen molar-refractivity contribution in [3.05, 3.63) is 18.2 Å². The van der Waals surface area contributed by atoms with E-state index >= 15 is 0 Å². The lowest BCUT2D eigenvalue weighted by molar-refractivity contribution is -0.00905. The molecule has 0 atom stereocenters. The van der Waals surface area contributed by atoms with E-state index in [9.17, 15) is 0 Å². The molecular formula is C10H19N3O. The van der Waals surface area contributed by atoms with Crippen molar-refractivity contribution in [2.75, 3.05) is 13.2 Å². The number of hydrogen-bond donors (Lipinski definition) is 2. The van der Waals surface area contributed by atoms with Gasteiger partial charge < -0.3 is 15.0 Å². The van der Waals surface area contributed by atoms with E-state index in [2.05, 4.69) is 29.1 Å². The van der Waals surface area contributed by atoms with Crippen LogP contribution in [0.2, 0.25) is 0 Å². The number of rotatable bonds is 6. The van der Waals surface area contributed by atoms with Gasteiger partial charge in [-0.2, -0.15) is 0 Å². The van der Waals surface area contributed by atoms with Crippen molar-refractivity contribution in [3.8, 4) is 0 Å². The zero-order chi connectivity index (χ0) is 10.4. The molecule has 0 spiro atoms. The molecule has 0 aliphatic carbocycles. The van der Waals surface area contributed by atoms with Crippen molar-refractivity contribution < 1.29 is 4.74 Å². The van der Waals surface area contributed by atoms with Gasteiger partial charge in [-0.15, -0.1) is 0 Å². The monoisotopic (exact) mass is 197 g/mol. The van der Waals surface area contributed by atoms with Gasteiger partial charge in [0.1, 0.15) is 5.82 Å². The highest BCUT2D eigenvalue weighted by Gasteiger charge is 2.16. The van der Waals surface area contributed by atoms with Gasteiger partial charge >= 0.3 is 0 Å². The summed E-state index contributed by atoms with van der Waals surface area (Å²) in [7, 11) is 0. The number of imidazole rings is 1. The molecule has 0 saturated heterocycles. The van der Waals surface area contributed by atoms with E-state index in [4.69, 9.17) is 4.74 Å². The van der Waals surface area contributed by atoms with Crippen LogP contribution in [0.5, 0.6) is 0 Å². The van der Waals surface area contributed by atoms with E-state index in [-0.39, 0.29) is 5.60 Å². The quantitative estimate of drug-likeness (QED) is 0.723. The molecule has 4 heteroatoms. The number of H-pyrrole nitrogens is 1. The standard InChI is InChI=1S/C10H19N3O/c1-4-14-10(2,3)8-11-7-9-12-5-6-13-9/h5-6,11H,4,7-8H2,1-3H3,(H,12,13). The first-order valence-corrected chi connectivity index (χ1v) is 4.97. The molecule has 0 aliphatic rings. The fraction of sp³-hybridized carbons (Fsp3) is 0.700. The average Bonchev–Trinajstić information content (AvgIpc) is 2.56. The predicted octanol–water partition coefficient (Wildman–Crippen LogP) is 1.31. The van der Waals surface area contributed by atoms with Gasteiger partial charge in [0.25, 0.3) is 0 Å². The van der Waals surface area contributed by atoms with E-state index < -0.39 is 0 Å². The van der Waals surface area contributed by atoms with Crippen molar-refractivity contribution >= 4 is 0 Å². The molecule has 1 heterocycles. The zero-order valence-corrected chi connectivity index (χ0v) is 9.13. The maximum absolute atomic E-state index is 5.56. The van der Waals surface area contributed by atoms with Crippen LogP contribution in [0, 0.1) is 0 Å². The molecule has 0 aliphatic heterocycles. The summed E-state index contributed by atoms with van der Waals surface area (Å²) >= 11 is 0. The Morgan fingerprint density at radius 2 is 2.36 bits per heavy atom. The molecule has 0 bridgehead atoms. The normalized spacial score (nSPS) is 11.9. The molecule has 0 fully saturated rings. The Kier molecular flexibility index (Phi) is 4.10. The first-order valence-electron chi connectivity index (χ1n) is 4.97. The molecule has 1 aromatic rings. The second-order valence-electron chi connectivity index (χ2n) is 3.83. The Labute approximate surface area is 85.1 Å². The van der Waals surface area contributed by atoms with Crippen LogP contribution in [0.15, 0.2) is 12.4 Å². The van der Waals surface area contributed by atoms with Gasteiger partial charge in [-0.3, -0.25) is 0 Å². The Hall–Kier alpha value is -0.870. The molecular weight excluding hydrogens is 178 g/mol. The van der Waals surface area contributed by atoms with Crippen molar-refractivity contribution in [3.63, 3.8) is 0 Å². The van der Waals surface area contributed by atoms with E-state index in [1.54, 1.807) is 6.20 Å². The summed E-state index contributed by atoms with van der Waals surface area (Å²) in [6, 6.07) is 0. The van der Waals surface area contributed by atoms with Crippen molar-refractivity contribution in [2.24, 2.45) is 0 Å². The van der Waals surface area contributed by atoms with Crippen LogP contribution in [0.3, 0.4) is 0 Å². The average molecular weight is 197 g/mol. The third kappa shape index (κ3) is 3.89. The summed E-state index contributed by atoms with van der Waals surface area (Å²) in [4.78, 5) is 7.16. The molecule has 2 N–H and O–H groups in total. The third-order valence-electron chi connectivity index (χ3n) is 1.93. The van der Waals surface area contributed by atoms with Crippen LogP contribution in [-0.2, 0) is 11.3 Å². The minimum Gasteiger partial charge on any atom is -0.375 e. The van der Waals surface area contributed by atoms with Gasteiger partial charge in [-0.1, -0.05) is 0 Å². The van der Waals surface area contributed by atoms with Crippen LogP contribution in [0.25, 0.3) is 0 Å². The number of nitrogens with one attached hydrogen (secondary N) is 2. The van der Waals surface area contributed by atoms with Crippen LogP contribution >= 0.6 is 0 Å². The Morgan fingerprint density at radius 1 is 1.57 bits per heavy atom. The minimum absolute atomic E-state index is 0.110. The lowest BCUT2D eigenvalue weighted by Crippen LogP contribution is -2.37. The van der Waals surface area contributed by atoms with Gasteiger partial charge in [0.05, 0.1) is 12.1 Å². The second-order valence-corrected chi connectivity index (χ2v) is 3.83. The molecule has 0 aromatic carbocycles. The van der Waals surface area contributed by atoms with Gasteiger partial charge in [-0.25, -0.2) is 4.98 Å². The summed E-state index contributed by atoms with van der Waals surface area (Å²) in [6.45, 7) is 8.48. The van der Waals surface area contributed by atoms with Crippen molar-refractivity contribution in [1.29, 1.82) is 0 Å². The summed E-state index contributed by atoms with van der Waals surface area (Å²) in [5, 5.41) is 3.29. The largest absolute Gasteiger partial charge is 0.375 e. The van der Waals surface area contributed by atoms with Crippen molar-refractivity contribution in [2.45, 2.75) is 32.9 Å². The van der Waals surface area contributed by atoms with Crippen LogP contribution in [0.1, 0.15) is 26.6 Å². The van der Waals surface area contributed by atoms with Crippen LogP contribution in [0.4, 0.5) is 0 Å². The fourth-order valence-electron chi connectivity index (χ4n) is 1.32. The maximum Gasteiger partial charge on any atom is 0.120 e. The maximum atomic E-state index is 5.56. The van der Waals surface area contributed by atoms with E-state index in [1.807, 2.05) is 13.1 Å². The lowest BCUT2D eigenvalue weighted by Gasteiger charge is -2.24. The van der Waals surface area contributed by atoms with Gasteiger partial charge in [0.2, 0.25) is 0 Å². The number of aromatic nitrogens is 2. The summed E-state index contributed by atoms with van der Waals surface area (Å²) in [5.41, 5.74) is -0.110. The highest BCUT2D eigenvalue weighted by molar-refractivity contribution is 4.86. The second kappa shape index (κ2) is 5.12. The molecule has 0 radical (unpaired) electrons. The Bertz CT molecular complexity index is 244. The topological polar surface area (TPSA) is 49.9 Å².